The number of halogens is 1. The summed E-state index contributed by atoms with van der Waals surface area (Å²) >= 11 is 0. The Morgan fingerprint density at radius 1 is 1.25 bits per heavy atom. The van der Waals surface area contributed by atoms with Crippen molar-refractivity contribution in [2.24, 2.45) is 5.73 Å². The minimum atomic E-state index is -0.629. The van der Waals surface area contributed by atoms with Gasteiger partial charge in [-0.3, -0.25) is 0 Å². The molecule has 0 saturated heterocycles. The monoisotopic (exact) mass is 189 g/mol. The van der Waals surface area contributed by atoms with Crippen molar-refractivity contribution < 1.29 is 10.2 Å². The molecule has 1 aromatic carbocycles. The molecule has 4 N–H and O–H groups in total. The summed E-state index contributed by atoms with van der Waals surface area (Å²) < 4.78 is 0. The highest BCUT2D eigenvalue weighted by Gasteiger charge is 2.02. The second-order valence-corrected chi connectivity index (χ2v) is 2.34. The number of hydrogen-bond acceptors (Lipinski definition) is 3. The van der Waals surface area contributed by atoms with Gasteiger partial charge in [-0.25, -0.2) is 0 Å². The Morgan fingerprint density at radius 3 is 2.17 bits per heavy atom. The fourth-order valence-electron chi connectivity index (χ4n) is 0.833. The van der Waals surface area contributed by atoms with Crippen LogP contribution in [0.2, 0.25) is 0 Å². The molecule has 1 aromatic rings. The quantitative estimate of drug-likeness (QED) is 0.645. The summed E-state index contributed by atoms with van der Waals surface area (Å²) in [5.74, 6) is 0.193. The van der Waals surface area contributed by atoms with E-state index < -0.39 is 6.10 Å². The predicted octanol–water partition coefficient (Wildman–Crippen LogP) is 0.806. The lowest BCUT2D eigenvalue weighted by molar-refractivity contribution is 0.186. The molecule has 3 nitrogen and oxygen atoms in total. The van der Waals surface area contributed by atoms with Gasteiger partial charge in [0.2, 0.25) is 0 Å². The van der Waals surface area contributed by atoms with Gasteiger partial charge in [0.15, 0.2) is 0 Å². The second-order valence-electron chi connectivity index (χ2n) is 2.34. The van der Waals surface area contributed by atoms with E-state index in [1.165, 1.54) is 12.1 Å². The first kappa shape index (κ1) is 11.2. The maximum atomic E-state index is 9.21. The summed E-state index contributed by atoms with van der Waals surface area (Å²) in [6.45, 7) is 0.199. The smallest absolute Gasteiger partial charge is 0.115 e. The van der Waals surface area contributed by atoms with Gasteiger partial charge in [-0.15, -0.1) is 12.4 Å². The number of nitrogens with two attached hydrogens (primary N) is 1. The molecule has 1 unspecified atom stereocenters. The molecule has 0 fully saturated rings. The second kappa shape index (κ2) is 4.98. The summed E-state index contributed by atoms with van der Waals surface area (Å²) in [4.78, 5) is 0. The maximum absolute atomic E-state index is 9.21. The van der Waals surface area contributed by atoms with Crippen molar-refractivity contribution in [3.63, 3.8) is 0 Å². The highest BCUT2D eigenvalue weighted by Crippen LogP contribution is 2.15. The Morgan fingerprint density at radius 2 is 1.75 bits per heavy atom. The van der Waals surface area contributed by atoms with Crippen LogP contribution in [-0.2, 0) is 0 Å². The zero-order valence-corrected chi connectivity index (χ0v) is 7.29. The number of aromatic hydroxyl groups is 1. The summed E-state index contributed by atoms with van der Waals surface area (Å²) in [6.07, 6.45) is -0.629. The fourth-order valence-corrected chi connectivity index (χ4v) is 0.833. The molecule has 0 saturated carbocycles. The summed E-state index contributed by atoms with van der Waals surface area (Å²) in [5, 5.41) is 18.1. The molecule has 0 aliphatic carbocycles. The zero-order valence-electron chi connectivity index (χ0n) is 6.47. The standard InChI is InChI=1S/C8H11NO2.ClH/c9-5-8(11)6-1-3-7(10)4-2-6;/h1-4,8,10-11H,5,9H2;1H. The Balaban J connectivity index is 0.00000121. The van der Waals surface area contributed by atoms with Crippen LogP contribution in [0.1, 0.15) is 11.7 Å². The molecule has 0 spiro atoms. The van der Waals surface area contributed by atoms with Crippen molar-refractivity contribution in [1.29, 1.82) is 0 Å². The number of hydrogen-bond donors (Lipinski definition) is 3. The van der Waals surface area contributed by atoms with Gasteiger partial charge in [0.05, 0.1) is 6.10 Å². The topological polar surface area (TPSA) is 66.5 Å². The SMILES string of the molecule is Cl.NCC(O)c1ccc(O)cc1. The largest absolute Gasteiger partial charge is 0.508 e. The summed E-state index contributed by atoms with van der Waals surface area (Å²) in [7, 11) is 0. The molecule has 0 heterocycles. The molecular formula is C8H12ClNO2. The minimum Gasteiger partial charge on any atom is -0.508 e. The van der Waals surface area contributed by atoms with E-state index in [1.54, 1.807) is 12.1 Å². The van der Waals surface area contributed by atoms with E-state index in [1.807, 2.05) is 0 Å². The van der Waals surface area contributed by atoms with Gasteiger partial charge in [0, 0.05) is 6.54 Å². The maximum Gasteiger partial charge on any atom is 0.115 e. The third-order valence-electron chi connectivity index (χ3n) is 1.50. The van der Waals surface area contributed by atoms with Crippen LogP contribution in [0.5, 0.6) is 5.75 Å². The van der Waals surface area contributed by atoms with E-state index in [9.17, 15) is 5.11 Å². The van der Waals surface area contributed by atoms with Crippen LogP contribution < -0.4 is 5.73 Å². The highest BCUT2D eigenvalue weighted by molar-refractivity contribution is 5.85. The van der Waals surface area contributed by atoms with Crippen LogP contribution in [0, 0.1) is 0 Å². The van der Waals surface area contributed by atoms with Crippen LogP contribution in [-0.4, -0.2) is 16.8 Å². The first-order valence-electron chi connectivity index (χ1n) is 3.41. The number of aliphatic hydroxyl groups is 1. The number of phenols is 1. The van der Waals surface area contributed by atoms with E-state index >= 15 is 0 Å². The summed E-state index contributed by atoms with van der Waals surface area (Å²) in [5.41, 5.74) is 5.96. The van der Waals surface area contributed by atoms with Gasteiger partial charge >= 0.3 is 0 Å². The van der Waals surface area contributed by atoms with Gasteiger partial charge in [-0.1, -0.05) is 12.1 Å². The molecule has 4 heteroatoms. The van der Waals surface area contributed by atoms with Crippen molar-refractivity contribution in [3.8, 4) is 5.75 Å². The number of rotatable bonds is 2. The Kier molecular flexibility index (Phi) is 4.66. The molecule has 0 amide bonds. The Bertz CT molecular complexity index is 225. The first-order valence-corrected chi connectivity index (χ1v) is 3.41. The molecule has 1 rings (SSSR count). The van der Waals surface area contributed by atoms with Crippen molar-refractivity contribution in [3.05, 3.63) is 29.8 Å². The Hall–Kier alpha value is -0.770. The van der Waals surface area contributed by atoms with Crippen LogP contribution in [0.15, 0.2) is 24.3 Å². The Labute approximate surface area is 77.2 Å². The van der Waals surface area contributed by atoms with Crippen LogP contribution >= 0.6 is 12.4 Å². The molecule has 0 bridgehead atoms. The van der Waals surface area contributed by atoms with Gasteiger partial charge in [-0.05, 0) is 17.7 Å². The van der Waals surface area contributed by atoms with Gasteiger partial charge < -0.3 is 15.9 Å². The van der Waals surface area contributed by atoms with Crippen LogP contribution in [0.4, 0.5) is 0 Å². The molecule has 0 radical (unpaired) electrons. The van der Waals surface area contributed by atoms with E-state index in [0.29, 0.717) is 0 Å². The lowest BCUT2D eigenvalue weighted by Crippen LogP contribution is -2.10. The predicted molar refractivity (Wildman–Crippen MR) is 49.4 cm³/mol. The zero-order chi connectivity index (χ0) is 8.27. The van der Waals surface area contributed by atoms with Crippen molar-refractivity contribution in [1.82, 2.24) is 0 Å². The molecule has 0 aromatic heterocycles. The van der Waals surface area contributed by atoms with E-state index in [-0.39, 0.29) is 24.7 Å². The number of benzene rings is 1. The van der Waals surface area contributed by atoms with Crippen molar-refractivity contribution in [2.45, 2.75) is 6.10 Å². The van der Waals surface area contributed by atoms with Crippen LogP contribution in [0.25, 0.3) is 0 Å². The number of phenolic OH excluding ortho intramolecular Hbond substituents is 1. The lowest BCUT2D eigenvalue weighted by atomic mass is 10.1. The molecule has 1 atom stereocenters. The number of aliphatic hydroxyl groups excluding tert-OH is 1. The average molecular weight is 190 g/mol. The molecule has 68 valence electrons. The highest BCUT2D eigenvalue weighted by atomic mass is 35.5. The van der Waals surface area contributed by atoms with Crippen molar-refractivity contribution >= 4 is 12.4 Å². The third kappa shape index (κ3) is 2.70. The lowest BCUT2D eigenvalue weighted by Gasteiger charge is -2.06. The van der Waals surface area contributed by atoms with Crippen molar-refractivity contribution in [2.75, 3.05) is 6.54 Å². The van der Waals surface area contributed by atoms with Gasteiger partial charge in [0.1, 0.15) is 5.75 Å². The molecular weight excluding hydrogens is 178 g/mol. The first-order chi connectivity index (χ1) is 5.24. The molecule has 0 aliphatic heterocycles. The average Bonchev–Trinajstić information content (AvgIpc) is 2.05. The minimum absolute atomic E-state index is 0. The van der Waals surface area contributed by atoms with Gasteiger partial charge in [-0.2, -0.15) is 0 Å². The molecule has 12 heavy (non-hydrogen) atoms. The third-order valence-corrected chi connectivity index (χ3v) is 1.50. The van der Waals surface area contributed by atoms with E-state index in [0.717, 1.165) is 5.56 Å². The normalized spacial score (nSPS) is 11.8. The summed E-state index contributed by atoms with van der Waals surface area (Å²) in [6, 6.07) is 6.34. The van der Waals surface area contributed by atoms with E-state index in [2.05, 4.69) is 0 Å². The van der Waals surface area contributed by atoms with Crippen LogP contribution in [0.3, 0.4) is 0 Å². The molecule has 0 aliphatic rings. The van der Waals surface area contributed by atoms with E-state index in [4.69, 9.17) is 10.8 Å². The fraction of sp³-hybridized carbons (Fsp3) is 0.250. The van der Waals surface area contributed by atoms with Gasteiger partial charge in [0.25, 0.3) is 0 Å².